The van der Waals surface area contributed by atoms with Crippen molar-refractivity contribution < 1.29 is 8.42 Å². The summed E-state index contributed by atoms with van der Waals surface area (Å²) in [7, 11) is -3.64. The molecule has 0 aromatic heterocycles. The lowest BCUT2D eigenvalue weighted by Gasteiger charge is -2.34. The van der Waals surface area contributed by atoms with Gasteiger partial charge in [-0.3, -0.25) is 4.90 Å². The van der Waals surface area contributed by atoms with E-state index in [2.05, 4.69) is 4.90 Å². The Hall–Kier alpha value is -1.62. The van der Waals surface area contributed by atoms with Gasteiger partial charge in [0.15, 0.2) is 0 Å². The average molecular weight is 410 g/mol. The van der Waals surface area contributed by atoms with Gasteiger partial charge in [-0.1, -0.05) is 35.3 Å². The van der Waals surface area contributed by atoms with Crippen molar-refractivity contribution in [2.45, 2.75) is 11.4 Å². The molecule has 2 aromatic carbocycles. The summed E-state index contributed by atoms with van der Waals surface area (Å²) < 4.78 is 27.1. The van der Waals surface area contributed by atoms with Crippen LogP contribution < -0.4 is 0 Å². The summed E-state index contributed by atoms with van der Waals surface area (Å²) >= 11 is 11.9. The fraction of sp³-hybridized carbons (Fsp3) is 0.278. The van der Waals surface area contributed by atoms with Crippen LogP contribution in [0.4, 0.5) is 0 Å². The molecule has 1 aliphatic rings. The molecule has 26 heavy (non-hydrogen) atoms. The third-order valence-electron chi connectivity index (χ3n) is 4.32. The SMILES string of the molecule is N#Cc1cc(S(=O)(=O)N2CCN(Cc3cccc(Cl)c3)CC2)ccc1Cl. The zero-order valence-electron chi connectivity index (χ0n) is 13.9. The van der Waals surface area contributed by atoms with E-state index < -0.39 is 10.0 Å². The lowest BCUT2D eigenvalue weighted by Crippen LogP contribution is -2.48. The highest BCUT2D eigenvalue weighted by molar-refractivity contribution is 7.89. The van der Waals surface area contributed by atoms with Gasteiger partial charge in [-0.05, 0) is 35.9 Å². The van der Waals surface area contributed by atoms with E-state index in [1.54, 1.807) is 0 Å². The van der Waals surface area contributed by atoms with Crippen molar-refractivity contribution in [1.29, 1.82) is 5.26 Å². The van der Waals surface area contributed by atoms with Gasteiger partial charge in [-0.25, -0.2) is 8.42 Å². The highest BCUT2D eigenvalue weighted by atomic mass is 35.5. The molecule has 0 N–H and O–H groups in total. The summed E-state index contributed by atoms with van der Waals surface area (Å²) in [5.74, 6) is 0. The van der Waals surface area contributed by atoms with Crippen LogP contribution >= 0.6 is 23.2 Å². The largest absolute Gasteiger partial charge is 0.296 e. The second kappa shape index (κ2) is 7.95. The summed E-state index contributed by atoms with van der Waals surface area (Å²) in [5.41, 5.74) is 1.26. The minimum Gasteiger partial charge on any atom is -0.296 e. The molecule has 3 rings (SSSR count). The summed E-state index contributed by atoms with van der Waals surface area (Å²) in [6.07, 6.45) is 0. The highest BCUT2D eigenvalue weighted by Gasteiger charge is 2.29. The maximum absolute atomic E-state index is 12.8. The molecule has 0 amide bonds. The second-order valence-corrected chi connectivity index (χ2v) is 8.85. The molecule has 8 heteroatoms. The number of piperazine rings is 1. The van der Waals surface area contributed by atoms with Crippen LogP contribution in [0.15, 0.2) is 47.4 Å². The molecule has 0 atom stereocenters. The molecular weight excluding hydrogens is 393 g/mol. The first-order valence-electron chi connectivity index (χ1n) is 8.07. The van der Waals surface area contributed by atoms with Gasteiger partial charge < -0.3 is 0 Å². The van der Waals surface area contributed by atoms with Crippen LogP contribution in [0.3, 0.4) is 0 Å². The molecular formula is C18H17Cl2N3O2S. The Morgan fingerprint density at radius 2 is 1.77 bits per heavy atom. The number of hydrogen-bond donors (Lipinski definition) is 0. The van der Waals surface area contributed by atoms with Crippen molar-refractivity contribution in [3.8, 4) is 6.07 Å². The van der Waals surface area contributed by atoms with E-state index in [0.717, 1.165) is 12.1 Å². The van der Waals surface area contributed by atoms with E-state index in [-0.39, 0.29) is 15.5 Å². The van der Waals surface area contributed by atoms with Crippen molar-refractivity contribution in [1.82, 2.24) is 9.21 Å². The van der Waals surface area contributed by atoms with Crippen LogP contribution in [0.25, 0.3) is 0 Å². The number of hydrogen-bond acceptors (Lipinski definition) is 4. The first-order valence-corrected chi connectivity index (χ1v) is 10.3. The topological polar surface area (TPSA) is 64.4 Å². The molecule has 0 spiro atoms. The van der Waals surface area contributed by atoms with Crippen LogP contribution in [0, 0.1) is 11.3 Å². The zero-order valence-corrected chi connectivity index (χ0v) is 16.2. The van der Waals surface area contributed by atoms with Crippen molar-refractivity contribution in [2.24, 2.45) is 0 Å². The normalized spacial score (nSPS) is 16.3. The first-order chi connectivity index (χ1) is 12.4. The van der Waals surface area contributed by atoms with E-state index in [9.17, 15) is 8.42 Å². The molecule has 0 bridgehead atoms. The molecule has 0 saturated carbocycles. The van der Waals surface area contributed by atoms with Gasteiger partial charge in [0.05, 0.1) is 15.5 Å². The first kappa shape index (κ1) is 19.2. The van der Waals surface area contributed by atoms with E-state index >= 15 is 0 Å². The van der Waals surface area contributed by atoms with E-state index in [4.69, 9.17) is 28.5 Å². The molecule has 1 saturated heterocycles. The molecule has 1 fully saturated rings. The van der Waals surface area contributed by atoms with E-state index in [1.165, 1.54) is 22.5 Å². The minimum absolute atomic E-state index is 0.0988. The second-order valence-electron chi connectivity index (χ2n) is 6.06. The monoisotopic (exact) mass is 409 g/mol. The predicted molar refractivity (Wildman–Crippen MR) is 102 cm³/mol. The maximum Gasteiger partial charge on any atom is 0.243 e. The fourth-order valence-corrected chi connectivity index (χ4v) is 4.74. The smallest absolute Gasteiger partial charge is 0.243 e. The van der Waals surface area contributed by atoms with Gasteiger partial charge >= 0.3 is 0 Å². The Labute approximate surface area is 163 Å². The van der Waals surface area contributed by atoms with E-state index in [1.807, 2.05) is 30.3 Å². The summed E-state index contributed by atoms with van der Waals surface area (Å²) in [6.45, 7) is 2.78. The standard InChI is InChI=1S/C18H17Cl2N3O2S/c19-16-3-1-2-14(10-16)13-22-6-8-23(9-7-22)26(24,25)17-4-5-18(20)15(11-17)12-21/h1-5,10-11H,6-9,13H2. The lowest BCUT2D eigenvalue weighted by atomic mass is 10.2. The van der Waals surface area contributed by atoms with Gasteiger partial charge in [-0.2, -0.15) is 9.57 Å². The Kier molecular flexibility index (Phi) is 5.86. The zero-order chi connectivity index (χ0) is 18.7. The van der Waals surface area contributed by atoms with Crippen molar-refractivity contribution in [3.05, 3.63) is 63.6 Å². The number of nitrogens with zero attached hydrogens (tertiary/aromatic N) is 3. The number of nitriles is 1. The van der Waals surface area contributed by atoms with Gasteiger partial charge in [-0.15, -0.1) is 0 Å². The number of halogens is 2. The lowest BCUT2D eigenvalue weighted by molar-refractivity contribution is 0.181. The highest BCUT2D eigenvalue weighted by Crippen LogP contribution is 2.23. The predicted octanol–water partition coefficient (Wildman–Crippen LogP) is 3.37. The molecule has 0 aliphatic carbocycles. The molecule has 5 nitrogen and oxygen atoms in total. The van der Waals surface area contributed by atoms with Crippen LogP contribution in [0.2, 0.25) is 10.0 Å². The Balaban J connectivity index is 1.68. The van der Waals surface area contributed by atoms with Crippen molar-refractivity contribution in [3.63, 3.8) is 0 Å². The minimum atomic E-state index is -3.64. The molecule has 136 valence electrons. The number of sulfonamides is 1. The van der Waals surface area contributed by atoms with Gasteiger partial charge in [0, 0.05) is 37.7 Å². The summed E-state index contributed by atoms with van der Waals surface area (Å²) in [6, 6.07) is 13.8. The summed E-state index contributed by atoms with van der Waals surface area (Å²) in [5, 5.41) is 10.00. The molecule has 0 radical (unpaired) electrons. The number of benzene rings is 2. The van der Waals surface area contributed by atoms with Crippen LogP contribution in [0.5, 0.6) is 0 Å². The van der Waals surface area contributed by atoms with Crippen LogP contribution in [-0.2, 0) is 16.6 Å². The average Bonchev–Trinajstić information content (AvgIpc) is 2.62. The molecule has 1 heterocycles. The quantitative estimate of drug-likeness (QED) is 0.776. The summed E-state index contributed by atoms with van der Waals surface area (Å²) in [4.78, 5) is 2.29. The Morgan fingerprint density at radius 1 is 1.04 bits per heavy atom. The van der Waals surface area contributed by atoms with Gasteiger partial charge in [0.25, 0.3) is 0 Å². The van der Waals surface area contributed by atoms with Crippen LogP contribution in [0.1, 0.15) is 11.1 Å². The third kappa shape index (κ3) is 4.20. The van der Waals surface area contributed by atoms with Gasteiger partial charge in [0.1, 0.15) is 6.07 Å². The molecule has 1 aliphatic heterocycles. The fourth-order valence-electron chi connectivity index (χ4n) is 2.92. The van der Waals surface area contributed by atoms with Crippen molar-refractivity contribution in [2.75, 3.05) is 26.2 Å². The maximum atomic E-state index is 12.8. The van der Waals surface area contributed by atoms with Crippen molar-refractivity contribution >= 4 is 33.2 Å². The Morgan fingerprint density at radius 3 is 2.42 bits per heavy atom. The number of rotatable bonds is 4. The Bertz CT molecular complexity index is 949. The van der Waals surface area contributed by atoms with Crippen LogP contribution in [-0.4, -0.2) is 43.8 Å². The van der Waals surface area contributed by atoms with E-state index in [0.29, 0.717) is 31.2 Å². The van der Waals surface area contributed by atoms with Gasteiger partial charge in [0.2, 0.25) is 10.0 Å². The molecule has 0 unspecified atom stereocenters. The molecule has 2 aromatic rings. The third-order valence-corrected chi connectivity index (χ3v) is 6.78.